The van der Waals surface area contributed by atoms with Crippen LogP contribution >= 0.6 is 0 Å². The molecular weight excluding hydrogens is 345 g/mol. The smallest absolute Gasteiger partial charge is 0.368 e. The maximum absolute atomic E-state index is 12.9. The van der Waals surface area contributed by atoms with Gasteiger partial charge in [0.15, 0.2) is 5.96 Å². The first-order valence-corrected chi connectivity index (χ1v) is 8.93. The molecule has 2 heterocycles. The molecular formula is C17H27F3N6. The zero-order valence-corrected chi connectivity index (χ0v) is 15.1. The number of aliphatic imine (C=N–C) groups is 1. The first-order chi connectivity index (χ1) is 12.5. The third-order valence-corrected chi connectivity index (χ3v) is 4.22. The number of hydrogen-bond acceptors (Lipinski definition) is 4. The maximum Gasteiger partial charge on any atom is 0.419 e. The molecule has 2 rings (SSSR count). The lowest BCUT2D eigenvalue weighted by Crippen LogP contribution is -2.43. The van der Waals surface area contributed by atoms with Gasteiger partial charge < -0.3 is 20.9 Å². The van der Waals surface area contributed by atoms with Crippen LogP contribution in [0.25, 0.3) is 0 Å². The summed E-state index contributed by atoms with van der Waals surface area (Å²) >= 11 is 0. The third kappa shape index (κ3) is 6.70. The minimum atomic E-state index is -4.42. The van der Waals surface area contributed by atoms with Gasteiger partial charge in [-0.15, -0.1) is 0 Å². The Balaban J connectivity index is 1.68. The third-order valence-electron chi connectivity index (χ3n) is 4.22. The van der Waals surface area contributed by atoms with Crippen LogP contribution in [0.1, 0.15) is 24.8 Å². The van der Waals surface area contributed by atoms with Gasteiger partial charge in [-0.1, -0.05) is 6.42 Å². The number of halogens is 3. The molecule has 146 valence electrons. The van der Waals surface area contributed by atoms with Crippen LogP contribution in [-0.4, -0.2) is 62.2 Å². The summed E-state index contributed by atoms with van der Waals surface area (Å²) in [4.78, 5) is 10.3. The van der Waals surface area contributed by atoms with E-state index in [4.69, 9.17) is 0 Å². The lowest BCUT2D eigenvalue weighted by Gasteiger charge is -2.26. The quantitative estimate of drug-likeness (QED) is 0.389. The fourth-order valence-corrected chi connectivity index (χ4v) is 2.87. The minimum Gasteiger partial charge on any atom is -0.368 e. The van der Waals surface area contributed by atoms with E-state index in [2.05, 4.69) is 30.8 Å². The second-order valence-corrected chi connectivity index (χ2v) is 6.15. The van der Waals surface area contributed by atoms with Crippen LogP contribution in [0, 0.1) is 0 Å². The number of piperidine rings is 1. The van der Waals surface area contributed by atoms with E-state index in [9.17, 15) is 13.2 Å². The normalized spacial score (nSPS) is 16.4. The number of rotatable bonds is 7. The summed E-state index contributed by atoms with van der Waals surface area (Å²) in [7, 11) is 1.67. The maximum atomic E-state index is 12.9. The fraction of sp³-hybridized carbons (Fsp3) is 0.647. The SMILES string of the molecule is CN=C(NCCNc1ncccc1C(F)(F)F)NCCN1CCCCC1. The number of nitrogens with zero attached hydrogens (tertiary/aromatic N) is 3. The number of alkyl halides is 3. The van der Waals surface area contributed by atoms with Gasteiger partial charge in [0.05, 0.1) is 5.56 Å². The summed E-state index contributed by atoms with van der Waals surface area (Å²) in [6.45, 7) is 4.75. The van der Waals surface area contributed by atoms with Crippen molar-refractivity contribution in [1.82, 2.24) is 20.5 Å². The second-order valence-electron chi connectivity index (χ2n) is 6.15. The van der Waals surface area contributed by atoms with E-state index in [1.54, 1.807) is 7.05 Å². The highest BCUT2D eigenvalue weighted by atomic mass is 19.4. The molecule has 1 aliphatic heterocycles. The van der Waals surface area contributed by atoms with Crippen molar-refractivity contribution in [1.29, 1.82) is 0 Å². The van der Waals surface area contributed by atoms with E-state index in [0.717, 1.165) is 32.2 Å². The van der Waals surface area contributed by atoms with Gasteiger partial charge in [0.25, 0.3) is 0 Å². The Morgan fingerprint density at radius 1 is 1.15 bits per heavy atom. The lowest BCUT2D eigenvalue weighted by atomic mass is 10.1. The summed E-state index contributed by atoms with van der Waals surface area (Å²) in [5.74, 6) is 0.482. The molecule has 0 radical (unpaired) electrons. The molecule has 0 bridgehead atoms. The monoisotopic (exact) mass is 372 g/mol. The number of pyridine rings is 1. The molecule has 0 spiro atoms. The highest BCUT2D eigenvalue weighted by molar-refractivity contribution is 5.79. The van der Waals surface area contributed by atoms with E-state index >= 15 is 0 Å². The van der Waals surface area contributed by atoms with E-state index in [1.807, 2.05) is 0 Å². The summed E-state index contributed by atoms with van der Waals surface area (Å²) in [5, 5.41) is 9.03. The van der Waals surface area contributed by atoms with E-state index in [1.165, 1.54) is 31.5 Å². The fourth-order valence-electron chi connectivity index (χ4n) is 2.87. The molecule has 1 aromatic heterocycles. The summed E-state index contributed by atoms with van der Waals surface area (Å²) in [5.41, 5.74) is -0.760. The number of aromatic nitrogens is 1. The van der Waals surface area contributed by atoms with Crippen molar-refractivity contribution in [3.05, 3.63) is 23.9 Å². The molecule has 1 aromatic rings. The van der Waals surface area contributed by atoms with Gasteiger partial charge in [-0.05, 0) is 38.1 Å². The van der Waals surface area contributed by atoms with Crippen LogP contribution in [0.3, 0.4) is 0 Å². The number of guanidine groups is 1. The van der Waals surface area contributed by atoms with Gasteiger partial charge in [0.2, 0.25) is 0 Å². The summed E-state index contributed by atoms with van der Waals surface area (Å²) in [6, 6.07) is 2.30. The van der Waals surface area contributed by atoms with Crippen molar-refractivity contribution >= 4 is 11.8 Å². The van der Waals surface area contributed by atoms with Gasteiger partial charge in [-0.2, -0.15) is 13.2 Å². The summed E-state index contributed by atoms with van der Waals surface area (Å²) in [6.07, 6.45) is 0.743. The lowest BCUT2D eigenvalue weighted by molar-refractivity contribution is -0.137. The molecule has 1 saturated heterocycles. The first-order valence-electron chi connectivity index (χ1n) is 8.93. The molecule has 0 atom stereocenters. The van der Waals surface area contributed by atoms with Crippen LogP contribution in [0.15, 0.2) is 23.3 Å². The van der Waals surface area contributed by atoms with Crippen molar-refractivity contribution in [2.75, 3.05) is 51.6 Å². The Hall–Kier alpha value is -2.03. The Morgan fingerprint density at radius 2 is 1.88 bits per heavy atom. The molecule has 3 N–H and O–H groups in total. The van der Waals surface area contributed by atoms with Crippen molar-refractivity contribution in [2.45, 2.75) is 25.4 Å². The molecule has 0 aliphatic carbocycles. The van der Waals surface area contributed by atoms with E-state index in [0.29, 0.717) is 19.0 Å². The van der Waals surface area contributed by atoms with Crippen molar-refractivity contribution < 1.29 is 13.2 Å². The molecule has 0 saturated carbocycles. The molecule has 0 unspecified atom stereocenters. The van der Waals surface area contributed by atoms with Crippen molar-refractivity contribution in [2.24, 2.45) is 4.99 Å². The Bertz CT molecular complexity index is 570. The van der Waals surface area contributed by atoms with Gasteiger partial charge in [0, 0.05) is 39.4 Å². The van der Waals surface area contributed by atoms with E-state index in [-0.39, 0.29) is 5.82 Å². The van der Waals surface area contributed by atoms with Gasteiger partial charge >= 0.3 is 6.18 Å². The predicted octanol–water partition coefficient (Wildman–Crippen LogP) is 2.16. The number of anilines is 1. The topological polar surface area (TPSA) is 64.6 Å². The minimum absolute atomic E-state index is 0.158. The van der Waals surface area contributed by atoms with Gasteiger partial charge in [-0.25, -0.2) is 4.98 Å². The molecule has 9 heteroatoms. The molecule has 1 aliphatic rings. The number of nitrogens with one attached hydrogen (secondary N) is 3. The van der Waals surface area contributed by atoms with E-state index < -0.39 is 11.7 Å². The Labute approximate surface area is 152 Å². The van der Waals surface area contributed by atoms with Crippen LogP contribution < -0.4 is 16.0 Å². The van der Waals surface area contributed by atoms with Gasteiger partial charge in [0.1, 0.15) is 5.82 Å². The van der Waals surface area contributed by atoms with Crippen molar-refractivity contribution in [3.8, 4) is 0 Å². The molecule has 0 amide bonds. The Kier molecular flexibility index (Phi) is 7.96. The average Bonchev–Trinajstić information content (AvgIpc) is 2.64. The number of hydrogen-bond donors (Lipinski definition) is 3. The summed E-state index contributed by atoms with van der Waals surface area (Å²) < 4.78 is 38.7. The zero-order chi connectivity index (χ0) is 18.8. The molecule has 6 nitrogen and oxygen atoms in total. The largest absolute Gasteiger partial charge is 0.419 e. The average molecular weight is 372 g/mol. The number of likely N-dealkylation sites (tertiary alicyclic amines) is 1. The van der Waals surface area contributed by atoms with Crippen LogP contribution in [0.4, 0.5) is 19.0 Å². The molecule has 26 heavy (non-hydrogen) atoms. The zero-order valence-electron chi connectivity index (χ0n) is 15.1. The van der Waals surface area contributed by atoms with Crippen molar-refractivity contribution in [3.63, 3.8) is 0 Å². The van der Waals surface area contributed by atoms with Gasteiger partial charge in [-0.3, -0.25) is 4.99 Å². The highest BCUT2D eigenvalue weighted by Gasteiger charge is 2.33. The molecule has 0 aromatic carbocycles. The van der Waals surface area contributed by atoms with Crippen LogP contribution in [0.5, 0.6) is 0 Å². The molecule has 1 fully saturated rings. The van der Waals surface area contributed by atoms with Crippen LogP contribution in [-0.2, 0) is 6.18 Å². The standard InChI is InChI=1S/C17H27F3N6/c1-21-16(25-10-13-26-11-3-2-4-12-26)24-9-8-23-15-14(17(18,19)20)6-5-7-22-15/h5-7H,2-4,8-13H2,1H3,(H,22,23)(H2,21,24,25). The Morgan fingerprint density at radius 3 is 2.58 bits per heavy atom. The first kappa shape index (κ1) is 20.3. The highest BCUT2D eigenvalue weighted by Crippen LogP contribution is 2.33. The predicted molar refractivity (Wildman–Crippen MR) is 97.4 cm³/mol. The van der Waals surface area contributed by atoms with Crippen LogP contribution in [0.2, 0.25) is 0 Å². The second kappa shape index (κ2) is 10.2.